The zero-order chi connectivity index (χ0) is 12.1. The van der Waals surface area contributed by atoms with E-state index in [9.17, 15) is 13.6 Å². The van der Waals surface area contributed by atoms with Gasteiger partial charge in [0.25, 0.3) is 0 Å². The van der Waals surface area contributed by atoms with Gasteiger partial charge in [-0.25, -0.2) is 0 Å². The first kappa shape index (κ1) is 12.9. The van der Waals surface area contributed by atoms with Crippen LogP contribution in [0.3, 0.4) is 0 Å². The fourth-order valence-corrected chi connectivity index (χ4v) is 1.71. The Morgan fingerprint density at radius 1 is 1.50 bits per heavy atom. The average Bonchev–Trinajstić information content (AvgIpc) is 2.18. The highest BCUT2D eigenvalue weighted by atomic mass is 79.9. The number of benzene rings is 1. The molecule has 0 aliphatic carbocycles. The standard InChI is InChI=1S/C10H9BrF2O3/c11-7-3-1-2-6(4-5-8(14)15)9(7)16-10(12)13/h1-3,10H,4-5H2,(H,14,15). The van der Waals surface area contributed by atoms with Crippen molar-refractivity contribution in [2.24, 2.45) is 0 Å². The fraction of sp³-hybridized carbons (Fsp3) is 0.300. The number of ether oxygens (including phenoxy) is 1. The lowest BCUT2D eigenvalue weighted by Gasteiger charge is -2.11. The van der Waals surface area contributed by atoms with E-state index in [1.165, 1.54) is 0 Å². The van der Waals surface area contributed by atoms with Crippen LogP contribution in [0.1, 0.15) is 12.0 Å². The van der Waals surface area contributed by atoms with E-state index >= 15 is 0 Å². The molecule has 6 heteroatoms. The molecule has 0 aromatic heterocycles. The number of halogens is 3. The van der Waals surface area contributed by atoms with E-state index in [4.69, 9.17) is 5.11 Å². The predicted octanol–water partition coefficient (Wildman–Crippen LogP) is 3.07. The van der Waals surface area contributed by atoms with Crippen molar-refractivity contribution in [3.05, 3.63) is 28.2 Å². The van der Waals surface area contributed by atoms with Crippen molar-refractivity contribution in [2.45, 2.75) is 19.5 Å². The third-order valence-electron chi connectivity index (χ3n) is 1.86. The van der Waals surface area contributed by atoms with Gasteiger partial charge in [0, 0.05) is 6.42 Å². The van der Waals surface area contributed by atoms with E-state index in [1.54, 1.807) is 18.2 Å². The Morgan fingerprint density at radius 3 is 2.75 bits per heavy atom. The maximum Gasteiger partial charge on any atom is 0.387 e. The minimum absolute atomic E-state index is 0.00116. The van der Waals surface area contributed by atoms with Crippen molar-refractivity contribution in [1.29, 1.82) is 0 Å². The molecule has 0 radical (unpaired) electrons. The topological polar surface area (TPSA) is 46.5 Å². The second-order valence-corrected chi connectivity index (χ2v) is 3.85. The van der Waals surface area contributed by atoms with Crippen molar-refractivity contribution < 1.29 is 23.4 Å². The number of carboxylic acids is 1. The SMILES string of the molecule is O=C(O)CCc1cccc(Br)c1OC(F)F. The molecule has 0 saturated carbocycles. The van der Waals surface area contributed by atoms with Gasteiger partial charge >= 0.3 is 12.6 Å². The van der Waals surface area contributed by atoms with E-state index in [1.807, 2.05) is 0 Å². The summed E-state index contributed by atoms with van der Waals surface area (Å²) in [5, 5.41) is 8.52. The molecule has 16 heavy (non-hydrogen) atoms. The molecule has 1 rings (SSSR count). The van der Waals surface area contributed by atoms with Gasteiger partial charge in [-0.1, -0.05) is 12.1 Å². The van der Waals surface area contributed by atoms with Crippen LogP contribution in [-0.2, 0) is 11.2 Å². The number of para-hydroxylation sites is 1. The first-order chi connectivity index (χ1) is 7.50. The Morgan fingerprint density at radius 2 is 2.19 bits per heavy atom. The molecule has 0 amide bonds. The number of alkyl halides is 2. The quantitative estimate of drug-likeness (QED) is 0.908. The predicted molar refractivity (Wildman–Crippen MR) is 56.7 cm³/mol. The van der Waals surface area contributed by atoms with Crippen LogP contribution in [0.15, 0.2) is 22.7 Å². The smallest absolute Gasteiger partial charge is 0.387 e. The van der Waals surface area contributed by atoms with Crippen molar-refractivity contribution in [3.8, 4) is 5.75 Å². The Labute approximate surface area is 99.2 Å². The second-order valence-electron chi connectivity index (χ2n) is 3.00. The molecule has 3 nitrogen and oxygen atoms in total. The van der Waals surface area contributed by atoms with Crippen LogP contribution in [0.2, 0.25) is 0 Å². The van der Waals surface area contributed by atoms with E-state index in [2.05, 4.69) is 20.7 Å². The summed E-state index contributed by atoms with van der Waals surface area (Å²) >= 11 is 3.08. The second kappa shape index (κ2) is 5.79. The molecule has 0 unspecified atom stereocenters. The molecule has 0 fully saturated rings. The number of carboxylic acid groups (broad SMARTS) is 1. The van der Waals surface area contributed by atoms with Gasteiger partial charge in [-0.2, -0.15) is 8.78 Å². The minimum Gasteiger partial charge on any atom is -0.481 e. The summed E-state index contributed by atoms with van der Waals surface area (Å²) in [7, 11) is 0. The minimum atomic E-state index is -2.93. The highest BCUT2D eigenvalue weighted by Gasteiger charge is 2.13. The normalized spacial score (nSPS) is 10.5. The molecule has 0 atom stereocenters. The maximum absolute atomic E-state index is 12.1. The zero-order valence-electron chi connectivity index (χ0n) is 8.12. The summed E-state index contributed by atoms with van der Waals surface area (Å²) in [5.41, 5.74) is 0.442. The number of carbonyl (C=O) groups is 1. The Kier molecular flexibility index (Phi) is 4.67. The third-order valence-corrected chi connectivity index (χ3v) is 2.49. The van der Waals surface area contributed by atoms with E-state index < -0.39 is 12.6 Å². The van der Waals surface area contributed by atoms with Gasteiger partial charge < -0.3 is 9.84 Å². The molecular formula is C10H9BrF2O3. The monoisotopic (exact) mass is 294 g/mol. The number of hydrogen-bond acceptors (Lipinski definition) is 2. The summed E-state index contributed by atoms with van der Waals surface area (Å²) in [6.07, 6.45) is 0.0207. The fourth-order valence-electron chi connectivity index (χ4n) is 1.21. The Balaban J connectivity index is 2.89. The van der Waals surface area contributed by atoms with Gasteiger partial charge in [0.2, 0.25) is 0 Å². The van der Waals surface area contributed by atoms with Crippen LogP contribution >= 0.6 is 15.9 Å². The molecule has 1 N–H and O–H groups in total. The summed E-state index contributed by atoms with van der Waals surface area (Å²) in [4.78, 5) is 10.4. The molecule has 1 aromatic rings. The van der Waals surface area contributed by atoms with Crippen LogP contribution in [-0.4, -0.2) is 17.7 Å². The number of aryl methyl sites for hydroxylation is 1. The molecule has 88 valence electrons. The van der Waals surface area contributed by atoms with Crippen molar-refractivity contribution >= 4 is 21.9 Å². The summed E-state index contributed by atoms with van der Waals surface area (Å²) in [6, 6.07) is 4.76. The van der Waals surface area contributed by atoms with Gasteiger partial charge in [0.1, 0.15) is 5.75 Å². The van der Waals surface area contributed by atoms with Crippen molar-refractivity contribution in [1.82, 2.24) is 0 Å². The third kappa shape index (κ3) is 3.77. The maximum atomic E-state index is 12.1. The van der Waals surface area contributed by atoms with Gasteiger partial charge in [0.15, 0.2) is 0 Å². The lowest BCUT2D eigenvalue weighted by Crippen LogP contribution is -2.06. The molecular weight excluding hydrogens is 286 g/mol. The Bertz CT molecular complexity index is 382. The summed E-state index contributed by atoms with van der Waals surface area (Å²) in [6.45, 7) is -2.93. The number of rotatable bonds is 5. The highest BCUT2D eigenvalue weighted by molar-refractivity contribution is 9.10. The molecule has 1 aromatic carbocycles. The van der Waals surface area contributed by atoms with Crippen LogP contribution in [0.25, 0.3) is 0 Å². The van der Waals surface area contributed by atoms with Crippen LogP contribution in [0, 0.1) is 0 Å². The number of aliphatic carboxylic acids is 1. The van der Waals surface area contributed by atoms with Gasteiger partial charge in [-0.05, 0) is 34.0 Å². The van der Waals surface area contributed by atoms with Gasteiger partial charge in [0.05, 0.1) is 4.47 Å². The van der Waals surface area contributed by atoms with Crippen molar-refractivity contribution in [2.75, 3.05) is 0 Å². The first-order valence-corrected chi connectivity index (χ1v) is 5.24. The number of hydrogen-bond donors (Lipinski definition) is 1. The zero-order valence-corrected chi connectivity index (χ0v) is 9.71. The van der Waals surface area contributed by atoms with Crippen molar-refractivity contribution in [3.63, 3.8) is 0 Å². The molecule has 0 bridgehead atoms. The van der Waals surface area contributed by atoms with Crippen LogP contribution in [0.4, 0.5) is 8.78 Å². The lowest BCUT2D eigenvalue weighted by atomic mass is 10.1. The largest absolute Gasteiger partial charge is 0.481 e. The Hall–Kier alpha value is -1.17. The van der Waals surface area contributed by atoms with Gasteiger partial charge in [-0.3, -0.25) is 4.79 Å². The average molecular weight is 295 g/mol. The van der Waals surface area contributed by atoms with E-state index in [-0.39, 0.29) is 18.6 Å². The molecule has 0 aliphatic rings. The summed E-state index contributed by atoms with van der Waals surface area (Å²) < 4.78 is 29.0. The lowest BCUT2D eigenvalue weighted by molar-refractivity contribution is -0.136. The molecule has 0 aliphatic heterocycles. The molecule has 0 spiro atoms. The summed E-state index contributed by atoms with van der Waals surface area (Å²) in [5.74, 6) is -0.985. The van der Waals surface area contributed by atoms with E-state index in [0.29, 0.717) is 10.0 Å². The van der Waals surface area contributed by atoms with Crippen LogP contribution in [0.5, 0.6) is 5.75 Å². The van der Waals surface area contributed by atoms with E-state index in [0.717, 1.165) is 0 Å². The van der Waals surface area contributed by atoms with Gasteiger partial charge in [-0.15, -0.1) is 0 Å². The van der Waals surface area contributed by atoms with Crippen LogP contribution < -0.4 is 4.74 Å². The highest BCUT2D eigenvalue weighted by Crippen LogP contribution is 2.31. The molecule has 0 heterocycles. The first-order valence-electron chi connectivity index (χ1n) is 4.44. The molecule has 0 saturated heterocycles.